The van der Waals surface area contributed by atoms with Crippen molar-refractivity contribution in [3.8, 4) is 0 Å². The van der Waals surface area contributed by atoms with Gasteiger partial charge < -0.3 is 5.32 Å². The number of aromatic nitrogens is 1. The zero-order valence-electron chi connectivity index (χ0n) is 13.7. The summed E-state index contributed by atoms with van der Waals surface area (Å²) in [5.41, 5.74) is 1.69. The second-order valence-corrected chi connectivity index (χ2v) is 8.27. The average Bonchev–Trinajstić information content (AvgIpc) is 2.91. The zero-order chi connectivity index (χ0) is 14.9. The molecule has 118 valence electrons. The van der Waals surface area contributed by atoms with E-state index in [1.165, 1.54) is 42.8 Å². The van der Waals surface area contributed by atoms with Crippen LogP contribution in [0.15, 0.2) is 0 Å². The Morgan fingerprint density at radius 2 is 2.10 bits per heavy atom. The predicted octanol–water partition coefficient (Wildman–Crippen LogP) is 3.50. The van der Waals surface area contributed by atoms with E-state index in [1.807, 2.05) is 11.3 Å². The lowest BCUT2D eigenvalue weighted by Gasteiger charge is -2.33. The van der Waals surface area contributed by atoms with Gasteiger partial charge in [0, 0.05) is 36.5 Å². The van der Waals surface area contributed by atoms with Gasteiger partial charge in [-0.3, -0.25) is 4.90 Å². The molecular formula is C17H29N3S. The molecule has 4 heteroatoms. The normalized spacial score (nSPS) is 23.8. The van der Waals surface area contributed by atoms with Crippen molar-refractivity contribution in [2.45, 2.75) is 64.3 Å². The second-order valence-electron chi connectivity index (χ2n) is 7.15. The molecular weight excluding hydrogens is 278 g/mol. The lowest BCUT2D eigenvalue weighted by molar-refractivity contribution is 0.164. The topological polar surface area (TPSA) is 28.2 Å². The van der Waals surface area contributed by atoms with Gasteiger partial charge >= 0.3 is 0 Å². The number of hydrogen-bond acceptors (Lipinski definition) is 4. The van der Waals surface area contributed by atoms with Gasteiger partial charge in [-0.1, -0.05) is 27.2 Å². The Morgan fingerprint density at radius 3 is 2.76 bits per heavy atom. The molecule has 1 N–H and O–H groups in total. The highest BCUT2D eigenvalue weighted by Gasteiger charge is 2.33. The number of fused-ring (bicyclic) bond motifs is 1. The molecule has 3 rings (SSSR count). The van der Waals surface area contributed by atoms with Crippen LogP contribution in [0.5, 0.6) is 0 Å². The van der Waals surface area contributed by atoms with Crippen LogP contribution >= 0.6 is 11.3 Å². The van der Waals surface area contributed by atoms with E-state index in [-0.39, 0.29) is 5.41 Å². The molecule has 3 nitrogen and oxygen atoms in total. The van der Waals surface area contributed by atoms with Crippen molar-refractivity contribution in [3.63, 3.8) is 0 Å². The highest BCUT2D eigenvalue weighted by Crippen LogP contribution is 2.41. The molecule has 0 aromatic carbocycles. The van der Waals surface area contributed by atoms with Crippen LogP contribution in [0.4, 0.5) is 0 Å². The third kappa shape index (κ3) is 3.17. The molecule has 2 aliphatic rings. The summed E-state index contributed by atoms with van der Waals surface area (Å²) in [6.07, 6.45) is 6.34. The summed E-state index contributed by atoms with van der Waals surface area (Å²) in [6, 6.07) is 0.545. The predicted molar refractivity (Wildman–Crippen MR) is 90.2 cm³/mol. The van der Waals surface area contributed by atoms with Crippen LogP contribution in [0.1, 0.15) is 68.1 Å². The van der Waals surface area contributed by atoms with Gasteiger partial charge in [0.05, 0.1) is 11.7 Å². The van der Waals surface area contributed by atoms with Crippen LogP contribution in [-0.4, -0.2) is 36.1 Å². The van der Waals surface area contributed by atoms with E-state index >= 15 is 0 Å². The monoisotopic (exact) mass is 307 g/mol. The van der Waals surface area contributed by atoms with Gasteiger partial charge in [-0.2, -0.15) is 0 Å². The average molecular weight is 308 g/mol. The standard InChI is InChI=1S/C17H29N3S/c1-4-6-13(20-11-9-18-10-12-20)16-19-15-14(21-16)7-5-8-17(15,2)3/h13,18H,4-12H2,1-3H3. The van der Waals surface area contributed by atoms with E-state index in [4.69, 9.17) is 4.98 Å². The van der Waals surface area contributed by atoms with Gasteiger partial charge in [0.1, 0.15) is 5.01 Å². The number of nitrogens with zero attached hydrogens (tertiary/aromatic N) is 2. The summed E-state index contributed by atoms with van der Waals surface area (Å²) >= 11 is 2.01. The van der Waals surface area contributed by atoms with Gasteiger partial charge in [-0.25, -0.2) is 4.98 Å². The van der Waals surface area contributed by atoms with Crippen molar-refractivity contribution in [1.29, 1.82) is 0 Å². The molecule has 2 heterocycles. The van der Waals surface area contributed by atoms with E-state index in [9.17, 15) is 0 Å². The Kier molecular flexibility index (Phi) is 4.67. The maximum Gasteiger partial charge on any atom is 0.110 e. The maximum absolute atomic E-state index is 5.15. The SMILES string of the molecule is CCCC(c1nc2c(s1)CCCC2(C)C)N1CCNCC1. The molecule has 1 aromatic heterocycles. The summed E-state index contributed by atoms with van der Waals surface area (Å²) < 4.78 is 0. The summed E-state index contributed by atoms with van der Waals surface area (Å²) in [5.74, 6) is 0. The summed E-state index contributed by atoms with van der Waals surface area (Å²) in [6.45, 7) is 11.6. The molecule has 1 saturated heterocycles. The summed E-state index contributed by atoms with van der Waals surface area (Å²) in [4.78, 5) is 9.37. The lowest BCUT2D eigenvalue weighted by atomic mass is 9.79. The third-order valence-corrected chi connectivity index (χ3v) is 6.22. The van der Waals surface area contributed by atoms with E-state index in [2.05, 4.69) is 31.0 Å². The van der Waals surface area contributed by atoms with Crippen LogP contribution in [0, 0.1) is 0 Å². The fraction of sp³-hybridized carbons (Fsp3) is 0.824. The molecule has 1 fully saturated rings. The van der Waals surface area contributed by atoms with Crippen LogP contribution in [0.25, 0.3) is 0 Å². The fourth-order valence-corrected chi connectivity index (χ4v) is 5.21. The van der Waals surface area contributed by atoms with E-state index in [0.29, 0.717) is 6.04 Å². The first kappa shape index (κ1) is 15.4. The Labute approximate surface area is 133 Å². The van der Waals surface area contributed by atoms with Gasteiger partial charge in [-0.05, 0) is 25.7 Å². The molecule has 0 spiro atoms. The first-order valence-corrected chi connectivity index (χ1v) is 9.38. The van der Waals surface area contributed by atoms with Crippen molar-refractivity contribution < 1.29 is 0 Å². The highest BCUT2D eigenvalue weighted by atomic mass is 32.1. The Bertz CT molecular complexity index is 474. The minimum Gasteiger partial charge on any atom is -0.314 e. The van der Waals surface area contributed by atoms with Gasteiger partial charge in [0.15, 0.2) is 0 Å². The number of rotatable bonds is 4. The van der Waals surface area contributed by atoms with Crippen LogP contribution in [0.3, 0.4) is 0 Å². The van der Waals surface area contributed by atoms with E-state index < -0.39 is 0 Å². The molecule has 21 heavy (non-hydrogen) atoms. The number of thiazole rings is 1. The maximum atomic E-state index is 5.15. The Hall–Kier alpha value is -0.450. The number of piperazine rings is 1. The fourth-order valence-electron chi connectivity index (χ4n) is 3.75. The van der Waals surface area contributed by atoms with Gasteiger partial charge in [0.25, 0.3) is 0 Å². The Balaban J connectivity index is 1.87. The largest absolute Gasteiger partial charge is 0.314 e. The molecule has 1 aliphatic heterocycles. The van der Waals surface area contributed by atoms with Gasteiger partial charge in [0.2, 0.25) is 0 Å². The molecule has 0 saturated carbocycles. The van der Waals surface area contributed by atoms with E-state index in [0.717, 1.165) is 26.2 Å². The Morgan fingerprint density at radius 1 is 1.33 bits per heavy atom. The quantitative estimate of drug-likeness (QED) is 0.923. The van der Waals surface area contributed by atoms with Crippen LogP contribution < -0.4 is 5.32 Å². The molecule has 0 radical (unpaired) electrons. The van der Waals surface area contributed by atoms with Crippen LogP contribution in [-0.2, 0) is 11.8 Å². The number of hydrogen-bond donors (Lipinski definition) is 1. The molecule has 0 amide bonds. The minimum absolute atomic E-state index is 0.280. The molecule has 1 aromatic rings. The van der Waals surface area contributed by atoms with Crippen molar-refractivity contribution in [1.82, 2.24) is 15.2 Å². The van der Waals surface area contributed by atoms with E-state index in [1.54, 1.807) is 4.88 Å². The van der Waals surface area contributed by atoms with Crippen LogP contribution in [0.2, 0.25) is 0 Å². The van der Waals surface area contributed by atoms with Crippen molar-refractivity contribution >= 4 is 11.3 Å². The van der Waals surface area contributed by atoms with Crippen molar-refractivity contribution in [2.75, 3.05) is 26.2 Å². The third-order valence-electron chi connectivity index (χ3n) is 5.00. The van der Waals surface area contributed by atoms with Crippen molar-refractivity contribution in [2.24, 2.45) is 0 Å². The highest BCUT2D eigenvalue weighted by molar-refractivity contribution is 7.11. The number of aryl methyl sites for hydroxylation is 1. The minimum atomic E-state index is 0.280. The summed E-state index contributed by atoms with van der Waals surface area (Å²) in [7, 11) is 0. The van der Waals surface area contributed by atoms with Crippen molar-refractivity contribution in [3.05, 3.63) is 15.6 Å². The molecule has 1 atom stereocenters. The molecule has 1 aliphatic carbocycles. The molecule has 0 bridgehead atoms. The summed E-state index contributed by atoms with van der Waals surface area (Å²) in [5, 5.41) is 4.85. The van der Waals surface area contributed by atoms with Gasteiger partial charge in [-0.15, -0.1) is 11.3 Å². The smallest absolute Gasteiger partial charge is 0.110 e. The lowest BCUT2D eigenvalue weighted by Crippen LogP contribution is -2.45. The second kappa shape index (κ2) is 6.35. The zero-order valence-corrected chi connectivity index (χ0v) is 14.6. The first-order chi connectivity index (χ1) is 10.1. The number of nitrogens with one attached hydrogen (secondary N) is 1. The first-order valence-electron chi connectivity index (χ1n) is 8.56. The molecule has 1 unspecified atom stereocenters.